The van der Waals surface area contributed by atoms with Crippen LogP contribution >= 0.6 is 0 Å². The molecular formula is C58H38N4. The van der Waals surface area contributed by atoms with Crippen molar-refractivity contribution in [1.82, 2.24) is 9.97 Å². The van der Waals surface area contributed by atoms with Gasteiger partial charge in [0.15, 0.2) is 5.82 Å². The van der Waals surface area contributed by atoms with Crippen LogP contribution in [0.5, 0.6) is 0 Å². The summed E-state index contributed by atoms with van der Waals surface area (Å²) in [4.78, 5) is 10.8. The van der Waals surface area contributed by atoms with Crippen LogP contribution in [0, 0.1) is 22.7 Å². The van der Waals surface area contributed by atoms with E-state index in [4.69, 9.17) is 9.97 Å². The van der Waals surface area contributed by atoms with Crippen molar-refractivity contribution >= 4 is 16.5 Å². The number of hydrogen-bond donors (Lipinski definition) is 0. The van der Waals surface area contributed by atoms with E-state index in [1.807, 2.05) is 78.9 Å². The fraction of sp³-hybridized carbons (Fsp3) is 0.0345. The minimum absolute atomic E-state index is 0.287. The highest BCUT2D eigenvalue weighted by atomic mass is 14.9. The second kappa shape index (κ2) is 16.7. The topological polar surface area (TPSA) is 73.4 Å². The summed E-state index contributed by atoms with van der Waals surface area (Å²) in [6.07, 6.45) is 7.79. The summed E-state index contributed by atoms with van der Waals surface area (Å²) in [6.45, 7) is 0. The van der Waals surface area contributed by atoms with Gasteiger partial charge in [0, 0.05) is 28.0 Å². The molecule has 290 valence electrons. The number of nitriles is 2. The molecule has 0 fully saturated rings. The molecule has 0 N–H and O–H groups in total. The maximum atomic E-state index is 9.89. The summed E-state index contributed by atoms with van der Waals surface area (Å²) in [5.41, 5.74) is 16.4. The predicted octanol–water partition coefficient (Wildman–Crippen LogP) is 14.5. The van der Waals surface area contributed by atoms with Gasteiger partial charge in [-0.25, -0.2) is 9.97 Å². The zero-order valence-corrected chi connectivity index (χ0v) is 33.8. The second-order valence-corrected chi connectivity index (χ2v) is 15.5. The van der Waals surface area contributed by atoms with Crippen LogP contribution in [0.15, 0.2) is 212 Å². The summed E-state index contributed by atoms with van der Waals surface area (Å²) < 4.78 is 0. The Morgan fingerprint density at radius 1 is 0.435 bits per heavy atom. The number of hydrogen-bond acceptors (Lipinski definition) is 4. The van der Waals surface area contributed by atoms with Crippen LogP contribution in [0.1, 0.15) is 34.6 Å². The van der Waals surface area contributed by atoms with Crippen LogP contribution in [-0.2, 0) is 0 Å². The maximum absolute atomic E-state index is 9.89. The molecule has 8 aromatic carbocycles. The van der Waals surface area contributed by atoms with Crippen LogP contribution in [0.4, 0.5) is 0 Å². The van der Waals surface area contributed by atoms with E-state index >= 15 is 0 Å². The van der Waals surface area contributed by atoms with Crippen molar-refractivity contribution in [2.24, 2.45) is 0 Å². The average molecular weight is 791 g/mol. The summed E-state index contributed by atoms with van der Waals surface area (Å²) in [7, 11) is 0. The summed E-state index contributed by atoms with van der Waals surface area (Å²) >= 11 is 0. The molecule has 1 heterocycles. The highest BCUT2D eigenvalue weighted by Crippen LogP contribution is 2.41. The highest BCUT2D eigenvalue weighted by Gasteiger charge is 2.21. The molecule has 62 heavy (non-hydrogen) atoms. The second-order valence-electron chi connectivity index (χ2n) is 15.5. The zero-order valence-electron chi connectivity index (χ0n) is 33.8. The maximum Gasteiger partial charge on any atom is 0.160 e. The van der Waals surface area contributed by atoms with E-state index in [1.54, 1.807) is 0 Å². The van der Waals surface area contributed by atoms with Crippen molar-refractivity contribution in [2.45, 2.75) is 12.3 Å². The summed E-state index contributed by atoms with van der Waals surface area (Å²) in [5, 5.41) is 20.7. The Labute approximate surface area is 361 Å². The third-order valence-corrected chi connectivity index (χ3v) is 11.8. The molecule has 10 rings (SSSR count). The Hall–Kier alpha value is -8.44. The molecule has 0 saturated carbocycles. The van der Waals surface area contributed by atoms with Gasteiger partial charge in [0.25, 0.3) is 0 Å². The molecule has 0 radical (unpaired) electrons. The Bertz CT molecular complexity index is 3240. The van der Waals surface area contributed by atoms with E-state index in [0.29, 0.717) is 17.0 Å². The van der Waals surface area contributed by atoms with Gasteiger partial charge in [-0.3, -0.25) is 0 Å². The highest BCUT2D eigenvalue weighted by molar-refractivity contribution is 6.04. The molecule has 1 aromatic heterocycles. The fourth-order valence-electron chi connectivity index (χ4n) is 8.49. The molecule has 1 unspecified atom stereocenters. The van der Waals surface area contributed by atoms with Crippen LogP contribution in [-0.4, -0.2) is 9.97 Å². The Kier molecular flexibility index (Phi) is 10.2. The lowest BCUT2D eigenvalue weighted by Crippen LogP contribution is -2.02. The molecule has 0 bridgehead atoms. The number of benzene rings is 8. The molecule has 0 amide bonds. The average Bonchev–Trinajstić information content (AvgIpc) is 3.36. The van der Waals surface area contributed by atoms with Gasteiger partial charge in [-0.15, -0.1) is 0 Å². The lowest BCUT2D eigenvalue weighted by molar-refractivity contribution is 0.857. The molecule has 4 heteroatoms. The third kappa shape index (κ3) is 7.39. The molecule has 4 nitrogen and oxygen atoms in total. The quantitative estimate of drug-likeness (QED) is 0.154. The van der Waals surface area contributed by atoms with Crippen molar-refractivity contribution in [3.63, 3.8) is 0 Å². The first-order chi connectivity index (χ1) is 30.6. The third-order valence-electron chi connectivity index (χ3n) is 11.8. The van der Waals surface area contributed by atoms with Gasteiger partial charge in [-0.2, -0.15) is 10.5 Å². The SMILES string of the molecule is N#Cc1ccccc1-c1ccc(-c2nc(-c3ccc(-c4ccccc4C#N)cc3)c3cc(-c4ccc(-c5ccccc5)cc4)cc(C4=CCC(c5ccccc5)C=C4)c3n2)cc1. The fourth-order valence-corrected chi connectivity index (χ4v) is 8.49. The minimum atomic E-state index is 0.287. The number of allylic oxidation sites excluding steroid dienone is 4. The Balaban J connectivity index is 1.16. The molecular weight excluding hydrogens is 753 g/mol. The molecule has 0 spiro atoms. The standard InChI is InChI=1S/C58H38N4/c59-37-49-15-7-9-17-52(49)44-27-31-47(32-28-44)56-55-36-51(43-21-19-41(20-22-43)39-11-3-1-4-12-39)35-54(46-25-23-42(24-26-46)40-13-5-2-6-14-40)57(55)62-58(61-56)48-33-29-45(30-34-48)53-18-10-8-16-50(53)38-60/h1-23,25-36,42H,24H2. The first kappa shape index (κ1) is 37.8. The van der Waals surface area contributed by atoms with Crippen LogP contribution in [0.3, 0.4) is 0 Å². The lowest BCUT2D eigenvalue weighted by Gasteiger charge is -2.20. The number of aromatic nitrogens is 2. The Morgan fingerprint density at radius 2 is 0.935 bits per heavy atom. The molecule has 9 aromatic rings. The van der Waals surface area contributed by atoms with Crippen molar-refractivity contribution in [1.29, 1.82) is 10.5 Å². The molecule has 1 aliphatic rings. The van der Waals surface area contributed by atoms with Gasteiger partial charge < -0.3 is 0 Å². The van der Waals surface area contributed by atoms with Gasteiger partial charge in [-0.05, 0) is 86.3 Å². The van der Waals surface area contributed by atoms with E-state index in [-0.39, 0.29) is 5.92 Å². The van der Waals surface area contributed by atoms with Crippen LogP contribution in [0.2, 0.25) is 0 Å². The van der Waals surface area contributed by atoms with E-state index < -0.39 is 0 Å². The summed E-state index contributed by atoms with van der Waals surface area (Å²) in [6, 6.07) is 71.0. The number of fused-ring (bicyclic) bond motifs is 1. The zero-order chi connectivity index (χ0) is 41.8. The van der Waals surface area contributed by atoms with Crippen LogP contribution < -0.4 is 0 Å². The van der Waals surface area contributed by atoms with Crippen molar-refractivity contribution in [3.05, 3.63) is 235 Å². The van der Waals surface area contributed by atoms with E-state index in [1.165, 1.54) is 11.1 Å². The van der Waals surface area contributed by atoms with Gasteiger partial charge in [0.1, 0.15) is 0 Å². The van der Waals surface area contributed by atoms with E-state index in [0.717, 1.165) is 84.2 Å². The monoisotopic (exact) mass is 790 g/mol. The van der Waals surface area contributed by atoms with Gasteiger partial charge in [-0.1, -0.05) is 188 Å². The van der Waals surface area contributed by atoms with Gasteiger partial charge in [0.05, 0.1) is 34.5 Å². The normalized spacial score (nSPS) is 13.3. The smallest absolute Gasteiger partial charge is 0.160 e. The minimum Gasteiger partial charge on any atom is -0.227 e. The van der Waals surface area contributed by atoms with Gasteiger partial charge in [0.2, 0.25) is 0 Å². The number of rotatable bonds is 8. The largest absolute Gasteiger partial charge is 0.227 e. The Morgan fingerprint density at radius 3 is 1.52 bits per heavy atom. The molecule has 1 aliphatic carbocycles. The lowest BCUT2D eigenvalue weighted by atomic mass is 9.86. The van der Waals surface area contributed by atoms with Gasteiger partial charge >= 0.3 is 0 Å². The first-order valence-electron chi connectivity index (χ1n) is 20.8. The molecule has 0 aliphatic heterocycles. The van der Waals surface area contributed by atoms with Crippen molar-refractivity contribution in [3.8, 4) is 79.3 Å². The van der Waals surface area contributed by atoms with Crippen molar-refractivity contribution < 1.29 is 0 Å². The van der Waals surface area contributed by atoms with E-state index in [9.17, 15) is 10.5 Å². The van der Waals surface area contributed by atoms with Crippen LogP contribution in [0.25, 0.3) is 83.6 Å². The number of nitrogens with zero attached hydrogens (tertiary/aromatic N) is 4. The summed E-state index contributed by atoms with van der Waals surface area (Å²) in [5.74, 6) is 0.894. The first-order valence-corrected chi connectivity index (χ1v) is 20.8. The molecule has 0 saturated heterocycles. The van der Waals surface area contributed by atoms with Crippen molar-refractivity contribution in [2.75, 3.05) is 0 Å². The predicted molar refractivity (Wildman–Crippen MR) is 253 cm³/mol. The molecule has 1 atom stereocenters. The van der Waals surface area contributed by atoms with E-state index in [2.05, 4.69) is 146 Å².